The summed E-state index contributed by atoms with van der Waals surface area (Å²) in [4.78, 5) is 3.96. The maximum atomic E-state index is 12.1. The highest BCUT2D eigenvalue weighted by Gasteiger charge is 2.08. The molecule has 0 aliphatic rings. The second-order valence-electron chi connectivity index (χ2n) is 1.85. The van der Waals surface area contributed by atoms with Gasteiger partial charge in [-0.15, -0.1) is 0 Å². The molecule has 0 aliphatic carbocycles. The molecule has 5 heteroatoms. The number of alkyl halides is 2. The van der Waals surface area contributed by atoms with Crippen molar-refractivity contribution in [1.82, 2.24) is 4.98 Å². The van der Waals surface area contributed by atoms with Crippen molar-refractivity contribution >= 4 is 45.2 Å². The van der Waals surface area contributed by atoms with Crippen LogP contribution in [0.5, 0.6) is 0 Å². The SMILES string of the molecule is FC(F)c1cc(I)nc(I)c1. The normalized spacial score (nSPS) is 10.6. The van der Waals surface area contributed by atoms with Gasteiger partial charge in [0.15, 0.2) is 0 Å². The third kappa shape index (κ3) is 2.77. The molecule has 0 bridgehead atoms. The molecule has 0 amide bonds. The molecule has 1 rings (SSSR count). The monoisotopic (exact) mass is 381 g/mol. The van der Waals surface area contributed by atoms with Crippen LogP contribution in [-0.4, -0.2) is 4.98 Å². The minimum atomic E-state index is -2.40. The van der Waals surface area contributed by atoms with Crippen LogP contribution < -0.4 is 0 Å². The molecule has 60 valence electrons. The standard InChI is InChI=1S/C6H3F2I2N/c7-6(8)3-1-4(9)11-5(10)2-3/h1-2,6H. The van der Waals surface area contributed by atoms with Crippen LogP contribution in [0.4, 0.5) is 8.78 Å². The van der Waals surface area contributed by atoms with E-state index in [1.807, 2.05) is 45.2 Å². The Morgan fingerprint density at radius 2 is 1.64 bits per heavy atom. The Labute approximate surface area is 89.9 Å². The summed E-state index contributed by atoms with van der Waals surface area (Å²) in [7, 11) is 0. The van der Waals surface area contributed by atoms with Crippen LogP contribution in [0.2, 0.25) is 0 Å². The Morgan fingerprint density at radius 3 is 2.00 bits per heavy atom. The second-order valence-corrected chi connectivity index (χ2v) is 4.06. The lowest BCUT2D eigenvalue weighted by Gasteiger charge is -1.99. The van der Waals surface area contributed by atoms with Crippen LogP contribution >= 0.6 is 45.2 Å². The lowest BCUT2D eigenvalue weighted by molar-refractivity contribution is 0.151. The highest BCUT2D eigenvalue weighted by molar-refractivity contribution is 14.1. The van der Waals surface area contributed by atoms with E-state index in [0.717, 1.165) is 0 Å². The smallest absolute Gasteiger partial charge is 0.236 e. The van der Waals surface area contributed by atoms with Gasteiger partial charge >= 0.3 is 0 Å². The van der Waals surface area contributed by atoms with Gasteiger partial charge in [0.25, 0.3) is 6.43 Å². The van der Waals surface area contributed by atoms with Crippen LogP contribution in [0.1, 0.15) is 12.0 Å². The van der Waals surface area contributed by atoms with Gasteiger partial charge in [-0.3, -0.25) is 0 Å². The van der Waals surface area contributed by atoms with Gasteiger partial charge in [-0.1, -0.05) is 0 Å². The molecule has 1 aromatic rings. The fourth-order valence-electron chi connectivity index (χ4n) is 0.609. The number of aromatic nitrogens is 1. The summed E-state index contributed by atoms with van der Waals surface area (Å²) >= 11 is 3.83. The molecule has 0 atom stereocenters. The van der Waals surface area contributed by atoms with E-state index in [4.69, 9.17) is 0 Å². The van der Waals surface area contributed by atoms with Crippen molar-refractivity contribution in [3.63, 3.8) is 0 Å². The molecular formula is C6H3F2I2N. The van der Waals surface area contributed by atoms with Gasteiger partial charge in [0.2, 0.25) is 0 Å². The van der Waals surface area contributed by atoms with E-state index in [0.29, 0.717) is 7.40 Å². The molecule has 0 unspecified atom stereocenters. The van der Waals surface area contributed by atoms with E-state index in [2.05, 4.69) is 4.98 Å². The molecule has 0 spiro atoms. The molecule has 0 saturated heterocycles. The van der Waals surface area contributed by atoms with Crippen molar-refractivity contribution in [2.75, 3.05) is 0 Å². The molecule has 0 saturated carbocycles. The number of rotatable bonds is 1. The second kappa shape index (κ2) is 3.92. The summed E-state index contributed by atoms with van der Waals surface area (Å²) in [5.41, 5.74) is 0.0359. The van der Waals surface area contributed by atoms with Crippen molar-refractivity contribution < 1.29 is 8.78 Å². The molecular weight excluding hydrogens is 378 g/mol. The van der Waals surface area contributed by atoms with Crippen LogP contribution in [0.25, 0.3) is 0 Å². The minimum absolute atomic E-state index is 0.0359. The van der Waals surface area contributed by atoms with Crippen LogP contribution in [0.3, 0.4) is 0 Å². The summed E-state index contributed by atoms with van der Waals surface area (Å²) in [6.45, 7) is 0. The number of hydrogen-bond acceptors (Lipinski definition) is 1. The highest BCUT2D eigenvalue weighted by atomic mass is 127. The summed E-state index contributed by atoms with van der Waals surface area (Å²) in [5, 5.41) is 0. The Hall–Kier alpha value is 0.470. The average molecular weight is 381 g/mol. The zero-order valence-electron chi connectivity index (χ0n) is 5.19. The van der Waals surface area contributed by atoms with Gasteiger partial charge in [0.1, 0.15) is 7.40 Å². The van der Waals surface area contributed by atoms with Crippen LogP contribution in [0, 0.1) is 7.40 Å². The zero-order valence-corrected chi connectivity index (χ0v) is 9.51. The van der Waals surface area contributed by atoms with Crippen molar-refractivity contribution in [2.24, 2.45) is 0 Å². The van der Waals surface area contributed by atoms with E-state index in [1.165, 1.54) is 12.1 Å². The van der Waals surface area contributed by atoms with Crippen LogP contribution in [-0.2, 0) is 0 Å². The van der Waals surface area contributed by atoms with E-state index in [1.54, 1.807) is 0 Å². The number of hydrogen-bond donors (Lipinski definition) is 0. The molecule has 1 nitrogen and oxygen atoms in total. The molecule has 1 aromatic heterocycles. The largest absolute Gasteiger partial charge is 0.264 e. The molecule has 11 heavy (non-hydrogen) atoms. The Balaban J connectivity index is 3.08. The Morgan fingerprint density at radius 1 is 1.18 bits per heavy atom. The predicted molar refractivity (Wildman–Crippen MR) is 54.6 cm³/mol. The minimum Gasteiger partial charge on any atom is -0.236 e. The first kappa shape index (κ1) is 9.56. The van der Waals surface area contributed by atoms with Crippen molar-refractivity contribution in [3.05, 3.63) is 25.1 Å². The zero-order chi connectivity index (χ0) is 8.43. The first-order valence-electron chi connectivity index (χ1n) is 2.70. The summed E-state index contributed by atoms with van der Waals surface area (Å²) in [5.74, 6) is 0. The van der Waals surface area contributed by atoms with Crippen LogP contribution in [0.15, 0.2) is 12.1 Å². The van der Waals surface area contributed by atoms with Gasteiger partial charge in [-0.2, -0.15) is 0 Å². The van der Waals surface area contributed by atoms with E-state index in [9.17, 15) is 8.78 Å². The van der Waals surface area contributed by atoms with Crippen molar-refractivity contribution in [1.29, 1.82) is 0 Å². The first-order chi connectivity index (χ1) is 5.09. The lowest BCUT2D eigenvalue weighted by Crippen LogP contribution is -1.91. The topological polar surface area (TPSA) is 12.9 Å². The molecule has 0 fully saturated rings. The predicted octanol–water partition coefficient (Wildman–Crippen LogP) is 3.23. The lowest BCUT2D eigenvalue weighted by atomic mass is 10.3. The van der Waals surface area contributed by atoms with E-state index >= 15 is 0 Å². The molecule has 0 radical (unpaired) electrons. The van der Waals surface area contributed by atoms with Crippen molar-refractivity contribution in [2.45, 2.75) is 6.43 Å². The maximum Gasteiger partial charge on any atom is 0.264 e. The summed E-state index contributed by atoms with van der Waals surface area (Å²) < 4.78 is 25.4. The van der Waals surface area contributed by atoms with E-state index < -0.39 is 6.43 Å². The average Bonchev–Trinajstić information content (AvgIpc) is 1.85. The number of nitrogens with zero attached hydrogens (tertiary/aromatic N) is 1. The molecule has 0 N–H and O–H groups in total. The summed E-state index contributed by atoms with van der Waals surface area (Å²) in [6, 6.07) is 2.76. The molecule has 1 heterocycles. The highest BCUT2D eigenvalue weighted by Crippen LogP contribution is 2.21. The van der Waals surface area contributed by atoms with Crippen molar-refractivity contribution in [3.8, 4) is 0 Å². The third-order valence-electron chi connectivity index (χ3n) is 1.04. The Kier molecular flexibility index (Phi) is 3.41. The Bertz CT molecular complexity index is 245. The third-order valence-corrected chi connectivity index (χ3v) is 2.14. The van der Waals surface area contributed by atoms with Gasteiger partial charge in [-0.25, -0.2) is 13.8 Å². The van der Waals surface area contributed by atoms with Gasteiger partial charge in [0.05, 0.1) is 0 Å². The summed E-state index contributed by atoms with van der Waals surface area (Å²) in [6.07, 6.45) is -2.40. The van der Waals surface area contributed by atoms with Gasteiger partial charge in [-0.05, 0) is 57.3 Å². The fourth-order valence-corrected chi connectivity index (χ4v) is 2.31. The number of halogens is 4. The number of pyridine rings is 1. The van der Waals surface area contributed by atoms with Gasteiger partial charge < -0.3 is 0 Å². The van der Waals surface area contributed by atoms with Gasteiger partial charge in [0, 0.05) is 5.56 Å². The van der Waals surface area contributed by atoms with E-state index in [-0.39, 0.29) is 5.56 Å². The molecule has 0 aliphatic heterocycles. The quantitative estimate of drug-likeness (QED) is 0.538. The maximum absolute atomic E-state index is 12.1. The fraction of sp³-hybridized carbons (Fsp3) is 0.167. The first-order valence-corrected chi connectivity index (χ1v) is 4.86. The molecule has 0 aromatic carbocycles.